The molecule has 0 spiro atoms. The summed E-state index contributed by atoms with van der Waals surface area (Å²) in [5.41, 5.74) is 3.14. The molecule has 0 atom stereocenters. The Kier molecular flexibility index (Phi) is 4.54. The van der Waals surface area contributed by atoms with Gasteiger partial charge in [0, 0.05) is 6.54 Å². The number of carbonyl (C=O) groups is 3. The average Bonchev–Trinajstić information content (AvgIpc) is 2.87. The van der Waals surface area contributed by atoms with Crippen molar-refractivity contribution in [1.82, 2.24) is 14.7 Å². The highest BCUT2D eigenvalue weighted by atomic mass is 16.2. The number of hydrogen-bond acceptors (Lipinski definition) is 4. The lowest BCUT2D eigenvalue weighted by atomic mass is 9.52. The van der Waals surface area contributed by atoms with E-state index >= 15 is 0 Å². The van der Waals surface area contributed by atoms with Gasteiger partial charge in [-0.2, -0.15) is 0 Å². The molecule has 4 amide bonds. The number of amides is 4. The topological polar surface area (TPSA) is 60.9 Å². The van der Waals surface area contributed by atoms with Crippen molar-refractivity contribution in [1.29, 1.82) is 0 Å². The quantitative estimate of drug-likeness (QED) is 0.552. The Morgan fingerprint density at radius 1 is 0.967 bits per heavy atom. The summed E-state index contributed by atoms with van der Waals surface area (Å²) in [5, 5.41) is 0. The van der Waals surface area contributed by atoms with Crippen LogP contribution in [0.15, 0.2) is 18.2 Å². The maximum atomic E-state index is 13.3. The average molecular weight is 410 g/mol. The zero-order chi connectivity index (χ0) is 21.2. The van der Waals surface area contributed by atoms with Crippen LogP contribution < -0.4 is 0 Å². The molecule has 1 aliphatic heterocycles. The highest BCUT2D eigenvalue weighted by Crippen LogP contribution is 2.58. The lowest BCUT2D eigenvalue weighted by molar-refractivity contribution is -0.150. The molecule has 30 heavy (non-hydrogen) atoms. The van der Waals surface area contributed by atoms with Crippen LogP contribution in [0.25, 0.3) is 0 Å². The summed E-state index contributed by atoms with van der Waals surface area (Å²) in [7, 11) is 1.89. The van der Waals surface area contributed by atoms with Gasteiger partial charge in [-0.1, -0.05) is 23.8 Å². The van der Waals surface area contributed by atoms with Gasteiger partial charge in [0.1, 0.15) is 0 Å². The standard InChI is InChI=1S/C24H31N3O3/c1-15-4-5-20(16(2)6-15)13-25(3)14-26-21(28)22(29)27(23(26)30)24-10-17-7-18(11-24)9-19(8-17)12-24/h4-6,17-19H,7-14H2,1-3H3. The van der Waals surface area contributed by atoms with Gasteiger partial charge in [-0.25, -0.2) is 14.6 Å². The number of rotatable bonds is 5. The van der Waals surface area contributed by atoms with E-state index in [1.165, 1.54) is 35.3 Å². The van der Waals surface area contributed by atoms with Crippen molar-refractivity contribution in [3.8, 4) is 0 Å². The summed E-state index contributed by atoms with van der Waals surface area (Å²) >= 11 is 0. The van der Waals surface area contributed by atoms with E-state index in [0.717, 1.165) is 29.7 Å². The number of benzene rings is 1. The van der Waals surface area contributed by atoms with Crippen molar-refractivity contribution in [2.75, 3.05) is 13.7 Å². The van der Waals surface area contributed by atoms with Crippen molar-refractivity contribution >= 4 is 17.8 Å². The van der Waals surface area contributed by atoms with Gasteiger partial charge in [-0.15, -0.1) is 0 Å². The van der Waals surface area contributed by atoms with Crippen LogP contribution in [0.3, 0.4) is 0 Å². The lowest BCUT2D eigenvalue weighted by Crippen LogP contribution is -2.62. The first-order valence-corrected chi connectivity index (χ1v) is 11.2. The van der Waals surface area contributed by atoms with Crippen molar-refractivity contribution in [3.63, 3.8) is 0 Å². The fraction of sp³-hybridized carbons (Fsp3) is 0.625. The van der Waals surface area contributed by atoms with E-state index in [2.05, 4.69) is 32.0 Å². The molecular weight excluding hydrogens is 378 g/mol. The van der Waals surface area contributed by atoms with E-state index in [1.54, 1.807) is 0 Å². The van der Waals surface area contributed by atoms with Gasteiger partial charge in [0.15, 0.2) is 0 Å². The summed E-state index contributed by atoms with van der Waals surface area (Å²) in [5.74, 6) is 0.541. The SMILES string of the molecule is Cc1ccc(CN(C)CN2C(=O)C(=O)N(C34CC5CC(CC(C5)C3)C4)C2=O)c(C)c1. The van der Waals surface area contributed by atoms with Crippen LogP contribution in [-0.2, 0) is 16.1 Å². The van der Waals surface area contributed by atoms with Crippen molar-refractivity contribution < 1.29 is 14.4 Å². The fourth-order valence-electron chi connectivity index (χ4n) is 6.99. The van der Waals surface area contributed by atoms with Gasteiger partial charge < -0.3 is 0 Å². The summed E-state index contributed by atoms with van der Waals surface area (Å²) < 4.78 is 0. The van der Waals surface area contributed by atoms with E-state index < -0.39 is 23.4 Å². The molecule has 1 heterocycles. The maximum absolute atomic E-state index is 13.3. The van der Waals surface area contributed by atoms with E-state index in [1.807, 2.05) is 11.9 Å². The van der Waals surface area contributed by atoms with Gasteiger partial charge in [0.25, 0.3) is 0 Å². The fourth-order valence-corrected chi connectivity index (χ4v) is 6.99. The molecule has 1 aromatic carbocycles. The van der Waals surface area contributed by atoms with Gasteiger partial charge in [-0.3, -0.25) is 14.5 Å². The third kappa shape index (κ3) is 3.08. The molecule has 0 N–H and O–H groups in total. The predicted molar refractivity (Wildman–Crippen MR) is 112 cm³/mol. The monoisotopic (exact) mass is 409 g/mol. The molecule has 5 aliphatic rings. The molecule has 6 rings (SSSR count). The van der Waals surface area contributed by atoms with Crippen LogP contribution in [0.2, 0.25) is 0 Å². The van der Waals surface area contributed by atoms with E-state index in [4.69, 9.17) is 0 Å². The molecule has 4 bridgehead atoms. The summed E-state index contributed by atoms with van der Waals surface area (Å²) in [6, 6.07) is 5.88. The van der Waals surface area contributed by atoms with E-state index in [-0.39, 0.29) is 6.67 Å². The predicted octanol–water partition coefficient (Wildman–Crippen LogP) is 3.45. The Labute approximate surface area is 178 Å². The zero-order valence-electron chi connectivity index (χ0n) is 18.2. The first-order chi connectivity index (χ1) is 14.3. The molecule has 0 radical (unpaired) electrons. The second kappa shape index (κ2) is 6.91. The molecule has 1 aromatic rings. The minimum Gasteiger partial charge on any atom is -0.284 e. The van der Waals surface area contributed by atoms with E-state index in [0.29, 0.717) is 24.3 Å². The number of aryl methyl sites for hydroxylation is 2. The van der Waals surface area contributed by atoms with Gasteiger partial charge in [0.2, 0.25) is 0 Å². The molecule has 0 aromatic heterocycles. The maximum Gasteiger partial charge on any atom is 0.335 e. The Bertz CT molecular complexity index is 889. The van der Waals surface area contributed by atoms with Crippen LogP contribution in [0, 0.1) is 31.6 Å². The van der Waals surface area contributed by atoms with Gasteiger partial charge in [-0.05, 0) is 88.3 Å². The summed E-state index contributed by atoms with van der Waals surface area (Å²) in [6.45, 7) is 4.89. The Morgan fingerprint density at radius 2 is 1.57 bits per heavy atom. The van der Waals surface area contributed by atoms with Crippen LogP contribution in [0.1, 0.15) is 55.2 Å². The third-order valence-corrected chi connectivity index (χ3v) is 7.85. The molecule has 5 fully saturated rings. The normalized spacial score (nSPS) is 32.8. The van der Waals surface area contributed by atoms with Crippen molar-refractivity contribution in [2.24, 2.45) is 17.8 Å². The Balaban J connectivity index is 1.33. The van der Waals surface area contributed by atoms with Crippen molar-refractivity contribution in [2.45, 2.75) is 64.5 Å². The lowest BCUT2D eigenvalue weighted by Gasteiger charge is -2.58. The van der Waals surface area contributed by atoms with Crippen LogP contribution in [-0.4, -0.2) is 51.8 Å². The molecule has 160 valence electrons. The highest BCUT2D eigenvalue weighted by Gasteiger charge is 2.61. The summed E-state index contributed by atoms with van der Waals surface area (Å²) in [6.07, 6.45) is 6.34. The zero-order valence-corrected chi connectivity index (χ0v) is 18.2. The van der Waals surface area contributed by atoms with Gasteiger partial charge >= 0.3 is 17.8 Å². The molecular formula is C24H31N3O3. The summed E-state index contributed by atoms with van der Waals surface area (Å²) in [4.78, 5) is 43.6. The molecule has 4 saturated carbocycles. The first-order valence-electron chi connectivity index (χ1n) is 11.2. The minimum atomic E-state index is -0.664. The molecule has 6 nitrogen and oxygen atoms in total. The van der Waals surface area contributed by atoms with Crippen LogP contribution >= 0.6 is 0 Å². The first kappa shape index (κ1) is 19.7. The minimum absolute atomic E-state index is 0.138. The number of hydrogen-bond donors (Lipinski definition) is 0. The molecule has 4 aliphatic carbocycles. The van der Waals surface area contributed by atoms with Crippen LogP contribution in [0.4, 0.5) is 4.79 Å². The second-order valence-corrected chi connectivity index (χ2v) is 10.4. The number of imide groups is 2. The van der Waals surface area contributed by atoms with E-state index in [9.17, 15) is 14.4 Å². The van der Waals surface area contributed by atoms with Crippen LogP contribution in [0.5, 0.6) is 0 Å². The largest absolute Gasteiger partial charge is 0.335 e. The third-order valence-electron chi connectivity index (χ3n) is 7.85. The number of urea groups is 1. The second-order valence-electron chi connectivity index (χ2n) is 10.4. The molecule has 0 unspecified atom stereocenters. The smallest absolute Gasteiger partial charge is 0.284 e. The highest BCUT2D eigenvalue weighted by molar-refractivity contribution is 6.44. The number of nitrogens with zero attached hydrogens (tertiary/aromatic N) is 3. The molecule has 6 heteroatoms. The van der Waals surface area contributed by atoms with Gasteiger partial charge in [0.05, 0.1) is 12.2 Å². The Hall–Kier alpha value is -2.21. The Morgan fingerprint density at radius 3 is 2.13 bits per heavy atom. The molecule has 1 saturated heterocycles. The number of carbonyl (C=O) groups excluding carboxylic acids is 3. The van der Waals surface area contributed by atoms with Crippen molar-refractivity contribution in [3.05, 3.63) is 34.9 Å².